The zero-order valence-corrected chi connectivity index (χ0v) is 7.24. The maximum absolute atomic E-state index is 13.3. The Bertz CT molecular complexity index is 498. The number of hydrogen-bond donors (Lipinski definition) is 0. The van der Waals surface area contributed by atoms with Gasteiger partial charge in [0, 0.05) is 12.1 Å². The van der Waals surface area contributed by atoms with Gasteiger partial charge in [0.2, 0.25) is 0 Å². The Morgan fingerprint density at radius 1 is 1.47 bits per heavy atom. The lowest BCUT2D eigenvalue weighted by atomic mass is 10.2. The van der Waals surface area contributed by atoms with Gasteiger partial charge in [-0.3, -0.25) is 10.1 Å². The fourth-order valence-corrected chi connectivity index (χ4v) is 1.06. The highest BCUT2D eigenvalue weighted by atomic mass is 19.1. The number of non-ortho nitro benzene ring substituents is 1. The fourth-order valence-electron chi connectivity index (χ4n) is 1.06. The molecule has 8 heteroatoms. The van der Waals surface area contributed by atoms with Gasteiger partial charge in [0.1, 0.15) is 17.8 Å². The van der Waals surface area contributed by atoms with Crippen molar-refractivity contribution in [1.29, 1.82) is 0 Å². The Balaban J connectivity index is 2.55. The van der Waals surface area contributed by atoms with Crippen LogP contribution in [-0.4, -0.2) is 25.1 Å². The minimum atomic E-state index is -0.632. The molecule has 0 saturated heterocycles. The van der Waals surface area contributed by atoms with E-state index < -0.39 is 10.7 Å². The van der Waals surface area contributed by atoms with E-state index in [9.17, 15) is 14.5 Å². The fraction of sp³-hybridized carbons (Fsp3) is 0. The first kappa shape index (κ1) is 9.19. The van der Waals surface area contributed by atoms with Crippen molar-refractivity contribution < 1.29 is 9.31 Å². The van der Waals surface area contributed by atoms with Crippen molar-refractivity contribution >= 4 is 5.69 Å². The molecule has 0 fully saturated rings. The highest BCUT2D eigenvalue weighted by Crippen LogP contribution is 2.18. The summed E-state index contributed by atoms with van der Waals surface area (Å²) in [6.45, 7) is 0. The Morgan fingerprint density at radius 2 is 2.27 bits per heavy atom. The summed E-state index contributed by atoms with van der Waals surface area (Å²) in [6.07, 6.45) is 1.15. The molecule has 0 radical (unpaired) electrons. The van der Waals surface area contributed by atoms with E-state index in [4.69, 9.17) is 0 Å². The van der Waals surface area contributed by atoms with Crippen molar-refractivity contribution in [2.45, 2.75) is 0 Å². The van der Waals surface area contributed by atoms with E-state index >= 15 is 0 Å². The predicted molar refractivity (Wildman–Crippen MR) is 45.8 cm³/mol. The van der Waals surface area contributed by atoms with Crippen molar-refractivity contribution in [3.05, 3.63) is 40.5 Å². The van der Waals surface area contributed by atoms with Crippen LogP contribution in [0.25, 0.3) is 5.69 Å². The minimum absolute atomic E-state index is 0.0609. The largest absolute Gasteiger partial charge is 0.271 e. The topological polar surface area (TPSA) is 86.7 Å². The Morgan fingerprint density at radius 3 is 2.87 bits per heavy atom. The molecule has 0 amide bonds. The molecule has 2 aromatic rings. The second-order valence-electron chi connectivity index (χ2n) is 2.65. The maximum Gasteiger partial charge on any atom is 0.271 e. The summed E-state index contributed by atoms with van der Waals surface area (Å²) in [6, 6.07) is 3.13. The minimum Gasteiger partial charge on any atom is -0.258 e. The summed E-state index contributed by atoms with van der Waals surface area (Å²) in [7, 11) is 0. The molecule has 76 valence electrons. The molecule has 7 nitrogen and oxygen atoms in total. The second-order valence-corrected chi connectivity index (χ2v) is 2.65. The van der Waals surface area contributed by atoms with Gasteiger partial charge in [0.25, 0.3) is 5.69 Å². The molecule has 0 aliphatic heterocycles. The molecule has 1 heterocycles. The van der Waals surface area contributed by atoms with E-state index in [0.717, 1.165) is 29.2 Å². The Labute approximate surface area is 82.3 Å². The van der Waals surface area contributed by atoms with Crippen LogP contribution in [0.1, 0.15) is 0 Å². The number of benzene rings is 1. The van der Waals surface area contributed by atoms with E-state index in [-0.39, 0.29) is 11.4 Å². The molecule has 0 spiro atoms. The molecule has 1 aromatic heterocycles. The van der Waals surface area contributed by atoms with Crippen molar-refractivity contribution in [2.75, 3.05) is 0 Å². The molecule has 2 rings (SSSR count). The highest BCUT2D eigenvalue weighted by molar-refractivity contribution is 5.43. The third kappa shape index (κ3) is 1.64. The van der Waals surface area contributed by atoms with Gasteiger partial charge in [-0.1, -0.05) is 0 Å². The van der Waals surface area contributed by atoms with E-state index in [1.165, 1.54) is 0 Å². The molecule has 0 aliphatic carbocycles. The van der Waals surface area contributed by atoms with E-state index in [1.807, 2.05) is 0 Å². The number of halogens is 1. The van der Waals surface area contributed by atoms with Gasteiger partial charge < -0.3 is 0 Å². The lowest BCUT2D eigenvalue weighted by Crippen LogP contribution is -2.00. The van der Waals surface area contributed by atoms with Crippen LogP contribution in [0.4, 0.5) is 10.1 Å². The standard InChI is InChI=1S/C7H4FN5O2/c8-6-2-1-5(13(14)15)3-7(6)12-4-9-10-11-12/h1-4H. The predicted octanol–water partition coefficient (Wildman–Crippen LogP) is 0.710. The Hall–Kier alpha value is -2.38. The van der Waals surface area contributed by atoms with Crippen LogP contribution in [0.3, 0.4) is 0 Å². The van der Waals surface area contributed by atoms with Crippen molar-refractivity contribution in [2.24, 2.45) is 0 Å². The zero-order chi connectivity index (χ0) is 10.8. The third-order valence-electron chi connectivity index (χ3n) is 1.74. The molecule has 15 heavy (non-hydrogen) atoms. The molecule has 0 aliphatic rings. The summed E-state index contributed by atoms with van der Waals surface area (Å²) in [4.78, 5) is 9.84. The molecular formula is C7H4FN5O2. The molecular weight excluding hydrogens is 205 g/mol. The smallest absolute Gasteiger partial charge is 0.258 e. The first-order valence-corrected chi connectivity index (χ1v) is 3.86. The first-order valence-electron chi connectivity index (χ1n) is 3.86. The number of nitro groups is 1. The van der Waals surface area contributed by atoms with Crippen molar-refractivity contribution in [1.82, 2.24) is 20.2 Å². The number of nitro benzene ring substituents is 1. The van der Waals surface area contributed by atoms with Crippen LogP contribution in [0.2, 0.25) is 0 Å². The molecule has 0 atom stereocenters. The second kappa shape index (κ2) is 3.40. The summed E-state index contributed by atoms with van der Waals surface area (Å²) in [5.74, 6) is -0.632. The van der Waals surface area contributed by atoms with E-state index in [2.05, 4.69) is 15.5 Å². The van der Waals surface area contributed by atoms with Gasteiger partial charge in [-0.25, -0.2) is 4.39 Å². The van der Waals surface area contributed by atoms with Gasteiger partial charge in [0.05, 0.1) is 4.92 Å². The monoisotopic (exact) mass is 209 g/mol. The van der Waals surface area contributed by atoms with Crippen LogP contribution in [0.15, 0.2) is 24.5 Å². The van der Waals surface area contributed by atoms with Crippen LogP contribution in [0, 0.1) is 15.9 Å². The molecule has 0 saturated carbocycles. The maximum atomic E-state index is 13.3. The van der Waals surface area contributed by atoms with E-state index in [0.29, 0.717) is 0 Å². The van der Waals surface area contributed by atoms with Crippen LogP contribution < -0.4 is 0 Å². The quantitative estimate of drug-likeness (QED) is 0.536. The molecule has 1 aromatic carbocycles. The van der Waals surface area contributed by atoms with Crippen LogP contribution >= 0.6 is 0 Å². The lowest BCUT2D eigenvalue weighted by Gasteiger charge is -2.00. The number of aromatic nitrogens is 4. The van der Waals surface area contributed by atoms with Gasteiger partial charge >= 0.3 is 0 Å². The van der Waals surface area contributed by atoms with Gasteiger partial charge in [0.15, 0.2) is 0 Å². The average molecular weight is 209 g/mol. The van der Waals surface area contributed by atoms with Gasteiger partial charge in [-0.15, -0.1) is 5.10 Å². The molecule has 0 unspecified atom stereocenters. The summed E-state index contributed by atoms with van der Waals surface area (Å²) in [5, 5.41) is 20.5. The lowest BCUT2D eigenvalue weighted by molar-refractivity contribution is -0.384. The number of tetrazole rings is 1. The van der Waals surface area contributed by atoms with Crippen LogP contribution in [-0.2, 0) is 0 Å². The normalized spacial score (nSPS) is 10.2. The first-order chi connectivity index (χ1) is 7.18. The molecule has 0 N–H and O–H groups in total. The summed E-state index contributed by atoms with van der Waals surface area (Å²) >= 11 is 0. The van der Waals surface area contributed by atoms with Crippen LogP contribution in [0.5, 0.6) is 0 Å². The van der Waals surface area contributed by atoms with Gasteiger partial charge in [-0.05, 0) is 16.5 Å². The van der Waals surface area contributed by atoms with Crippen molar-refractivity contribution in [3.63, 3.8) is 0 Å². The highest BCUT2D eigenvalue weighted by Gasteiger charge is 2.12. The van der Waals surface area contributed by atoms with E-state index in [1.54, 1.807) is 0 Å². The van der Waals surface area contributed by atoms with Crippen molar-refractivity contribution in [3.8, 4) is 5.69 Å². The zero-order valence-electron chi connectivity index (χ0n) is 7.24. The Kier molecular flexibility index (Phi) is 2.08. The summed E-state index contributed by atoms with van der Waals surface area (Å²) in [5.41, 5.74) is -0.281. The third-order valence-corrected chi connectivity index (χ3v) is 1.74. The number of hydrogen-bond acceptors (Lipinski definition) is 5. The van der Waals surface area contributed by atoms with Gasteiger partial charge in [-0.2, -0.15) is 4.68 Å². The average Bonchev–Trinajstić information content (AvgIpc) is 2.71. The SMILES string of the molecule is O=[N+]([O-])c1ccc(F)c(-n2cnnn2)c1. The summed E-state index contributed by atoms with van der Waals surface area (Å²) < 4.78 is 14.3. The number of nitrogens with zero attached hydrogens (tertiary/aromatic N) is 5. The molecule has 0 bridgehead atoms. The number of rotatable bonds is 2.